The second-order valence-electron chi connectivity index (χ2n) is 6.19. The molecule has 0 N–H and O–H groups in total. The van der Waals surface area contributed by atoms with Gasteiger partial charge in [-0.25, -0.2) is 0 Å². The van der Waals surface area contributed by atoms with Crippen LogP contribution in [0.15, 0.2) is 36.4 Å². The summed E-state index contributed by atoms with van der Waals surface area (Å²) >= 11 is 0. The molecule has 0 saturated heterocycles. The molecule has 0 aliphatic carbocycles. The van der Waals surface area contributed by atoms with Crippen LogP contribution in [-0.4, -0.2) is 24.8 Å². The summed E-state index contributed by atoms with van der Waals surface area (Å²) in [7, 11) is 0. The maximum Gasteiger partial charge on any atom is 0.159 e. The minimum atomic E-state index is -0.352. The predicted octanol–water partition coefficient (Wildman–Crippen LogP) is 3.16. The molecule has 0 amide bonds. The molecule has 0 unspecified atom stereocenters. The van der Waals surface area contributed by atoms with Crippen molar-refractivity contribution in [3.8, 4) is 11.5 Å². The van der Waals surface area contributed by atoms with Gasteiger partial charge in [-0.2, -0.15) is 0 Å². The van der Waals surface area contributed by atoms with E-state index in [0.29, 0.717) is 24.3 Å². The van der Waals surface area contributed by atoms with E-state index in [0.717, 1.165) is 22.6 Å². The summed E-state index contributed by atoms with van der Waals surface area (Å²) in [6.45, 7) is 4.06. The zero-order chi connectivity index (χ0) is 16.2. The highest BCUT2D eigenvalue weighted by Crippen LogP contribution is 2.50. The highest BCUT2D eigenvalue weighted by atomic mass is 16.5. The fourth-order valence-corrected chi connectivity index (χ4v) is 3.41. The molecule has 0 aromatic heterocycles. The standard InChI is InChI=1S/C19H16O4/c1-11(20)13-3-5-15-17(7-13)22-9-19(15)10-23-18-8-14(12(2)21)4-6-16(18)19/h3-8H,9-10H2,1-2H3. The van der Waals surface area contributed by atoms with Crippen LogP contribution in [0, 0.1) is 0 Å². The zero-order valence-electron chi connectivity index (χ0n) is 13.0. The predicted molar refractivity (Wildman–Crippen MR) is 84.7 cm³/mol. The summed E-state index contributed by atoms with van der Waals surface area (Å²) in [6, 6.07) is 11.2. The molecule has 0 atom stereocenters. The minimum absolute atomic E-state index is 0.0199. The number of ketones is 2. The summed E-state index contributed by atoms with van der Waals surface area (Å²) in [5.41, 5.74) is 3.02. The van der Waals surface area contributed by atoms with Gasteiger partial charge in [0.05, 0.1) is 5.41 Å². The van der Waals surface area contributed by atoms with Crippen LogP contribution in [0.3, 0.4) is 0 Å². The van der Waals surface area contributed by atoms with Crippen molar-refractivity contribution in [3.63, 3.8) is 0 Å². The van der Waals surface area contributed by atoms with Gasteiger partial charge in [0.1, 0.15) is 24.7 Å². The first kappa shape index (κ1) is 14.0. The molecule has 0 saturated carbocycles. The number of rotatable bonds is 2. The van der Waals surface area contributed by atoms with Crippen molar-refractivity contribution in [2.24, 2.45) is 0 Å². The van der Waals surface area contributed by atoms with Gasteiger partial charge < -0.3 is 9.47 Å². The fourth-order valence-electron chi connectivity index (χ4n) is 3.41. The van der Waals surface area contributed by atoms with Gasteiger partial charge in [-0.05, 0) is 26.0 Å². The van der Waals surface area contributed by atoms with Crippen molar-refractivity contribution in [2.45, 2.75) is 19.3 Å². The van der Waals surface area contributed by atoms with Crippen molar-refractivity contribution in [2.75, 3.05) is 13.2 Å². The lowest BCUT2D eigenvalue weighted by Gasteiger charge is -2.20. The van der Waals surface area contributed by atoms with Crippen molar-refractivity contribution in [3.05, 3.63) is 58.7 Å². The van der Waals surface area contributed by atoms with E-state index in [-0.39, 0.29) is 17.0 Å². The van der Waals surface area contributed by atoms with Gasteiger partial charge in [0.15, 0.2) is 11.6 Å². The minimum Gasteiger partial charge on any atom is -0.492 e. The smallest absolute Gasteiger partial charge is 0.159 e. The Bertz CT molecular complexity index is 779. The molecule has 2 aromatic carbocycles. The molecule has 4 rings (SSSR count). The average molecular weight is 308 g/mol. The summed E-state index contributed by atoms with van der Waals surface area (Å²) in [6.07, 6.45) is 0. The van der Waals surface area contributed by atoms with Crippen molar-refractivity contribution in [1.82, 2.24) is 0 Å². The molecule has 4 heteroatoms. The maximum atomic E-state index is 11.5. The van der Waals surface area contributed by atoms with Gasteiger partial charge >= 0.3 is 0 Å². The van der Waals surface area contributed by atoms with E-state index in [1.165, 1.54) is 0 Å². The van der Waals surface area contributed by atoms with Crippen LogP contribution in [0.2, 0.25) is 0 Å². The largest absolute Gasteiger partial charge is 0.492 e. The number of ether oxygens (including phenoxy) is 2. The normalized spacial score (nSPS) is 16.4. The molecule has 0 fully saturated rings. The Morgan fingerprint density at radius 2 is 1.26 bits per heavy atom. The first-order chi connectivity index (χ1) is 11.0. The highest BCUT2D eigenvalue weighted by molar-refractivity contribution is 5.95. The molecule has 23 heavy (non-hydrogen) atoms. The van der Waals surface area contributed by atoms with Crippen LogP contribution in [-0.2, 0) is 5.41 Å². The van der Waals surface area contributed by atoms with Crippen molar-refractivity contribution < 1.29 is 19.1 Å². The second-order valence-corrected chi connectivity index (χ2v) is 6.19. The summed E-state index contributed by atoms with van der Waals surface area (Å²) < 4.78 is 11.7. The van der Waals surface area contributed by atoms with Gasteiger partial charge in [-0.15, -0.1) is 0 Å². The Kier molecular flexibility index (Phi) is 2.85. The molecule has 116 valence electrons. The monoisotopic (exact) mass is 308 g/mol. The lowest BCUT2D eigenvalue weighted by atomic mass is 9.77. The quantitative estimate of drug-likeness (QED) is 0.800. The molecule has 2 aromatic rings. The van der Waals surface area contributed by atoms with E-state index < -0.39 is 0 Å². The topological polar surface area (TPSA) is 52.6 Å². The number of hydrogen-bond donors (Lipinski definition) is 0. The van der Waals surface area contributed by atoms with E-state index in [2.05, 4.69) is 0 Å². The SMILES string of the molecule is CC(=O)c1ccc2c(c1)OCC21COc2cc(C(C)=O)ccc21. The van der Waals surface area contributed by atoms with Crippen LogP contribution in [0.5, 0.6) is 11.5 Å². The summed E-state index contributed by atoms with van der Waals surface area (Å²) in [4.78, 5) is 23.1. The molecule has 0 radical (unpaired) electrons. The highest BCUT2D eigenvalue weighted by Gasteiger charge is 2.48. The molecule has 0 bridgehead atoms. The van der Waals surface area contributed by atoms with E-state index in [1.54, 1.807) is 26.0 Å². The van der Waals surface area contributed by atoms with Crippen LogP contribution < -0.4 is 9.47 Å². The van der Waals surface area contributed by atoms with E-state index in [9.17, 15) is 9.59 Å². The number of carbonyl (C=O) groups is 2. The molecule has 2 aliphatic rings. The van der Waals surface area contributed by atoms with Crippen LogP contribution in [0.1, 0.15) is 45.7 Å². The Hall–Kier alpha value is -2.62. The number of hydrogen-bond acceptors (Lipinski definition) is 4. The molecular weight excluding hydrogens is 292 g/mol. The van der Waals surface area contributed by atoms with Crippen molar-refractivity contribution in [1.29, 1.82) is 0 Å². The van der Waals surface area contributed by atoms with Gasteiger partial charge in [0.25, 0.3) is 0 Å². The third-order valence-corrected chi connectivity index (χ3v) is 4.76. The van der Waals surface area contributed by atoms with E-state index >= 15 is 0 Å². The summed E-state index contributed by atoms with van der Waals surface area (Å²) in [5.74, 6) is 1.52. The first-order valence-electron chi connectivity index (χ1n) is 7.58. The lowest BCUT2D eigenvalue weighted by Crippen LogP contribution is -2.31. The molecule has 2 aliphatic heterocycles. The summed E-state index contributed by atoms with van der Waals surface area (Å²) in [5, 5.41) is 0. The number of Topliss-reactive ketones (excluding diaryl/α,β-unsaturated/α-hetero) is 2. The van der Waals surface area contributed by atoms with Crippen LogP contribution in [0.25, 0.3) is 0 Å². The number of fused-ring (bicyclic) bond motifs is 4. The Balaban J connectivity index is 1.83. The van der Waals surface area contributed by atoms with Crippen LogP contribution in [0.4, 0.5) is 0 Å². The van der Waals surface area contributed by atoms with Gasteiger partial charge in [-0.1, -0.05) is 24.3 Å². The number of carbonyl (C=O) groups excluding carboxylic acids is 2. The van der Waals surface area contributed by atoms with Crippen molar-refractivity contribution >= 4 is 11.6 Å². The maximum absolute atomic E-state index is 11.5. The Morgan fingerprint density at radius 1 is 0.826 bits per heavy atom. The fraction of sp³-hybridized carbons (Fsp3) is 0.263. The van der Waals surface area contributed by atoms with Crippen LogP contribution >= 0.6 is 0 Å². The number of benzene rings is 2. The lowest BCUT2D eigenvalue weighted by molar-refractivity contribution is 0.100. The Labute approximate surface area is 134 Å². The molecular formula is C19H16O4. The zero-order valence-corrected chi connectivity index (χ0v) is 13.0. The third-order valence-electron chi connectivity index (χ3n) is 4.76. The molecule has 2 heterocycles. The second kappa shape index (κ2) is 4.69. The molecule has 1 spiro atoms. The molecule has 4 nitrogen and oxygen atoms in total. The van der Waals surface area contributed by atoms with Gasteiger partial charge in [-0.3, -0.25) is 9.59 Å². The average Bonchev–Trinajstić information content (AvgIpc) is 3.09. The first-order valence-corrected chi connectivity index (χ1v) is 7.58. The Morgan fingerprint density at radius 3 is 1.65 bits per heavy atom. The van der Waals surface area contributed by atoms with E-state index in [4.69, 9.17) is 9.47 Å². The van der Waals surface area contributed by atoms with E-state index in [1.807, 2.05) is 24.3 Å². The third kappa shape index (κ3) is 1.91. The van der Waals surface area contributed by atoms with Gasteiger partial charge in [0, 0.05) is 22.3 Å². The van der Waals surface area contributed by atoms with Gasteiger partial charge in [0.2, 0.25) is 0 Å².